The molecule has 0 saturated carbocycles. The summed E-state index contributed by atoms with van der Waals surface area (Å²) in [4.78, 5) is 15.5. The van der Waals surface area contributed by atoms with E-state index in [0.717, 1.165) is 16.7 Å². The van der Waals surface area contributed by atoms with Crippen molar-refractivity contribution in [2.45, 2.75) is 18.9 Å². The molecule has 28 heavy (non-hydrogen) atoms. The minimum absolute atomic E-state index is 0.105. The first-order valence-electron chi connectivity index (χ1n) is 9.73. The Labute approximate surface area is 165 Å². The van der Waals surface area contributed by atoms with Crippen molar-refractivity contribution in [3.63, 3.8) is 0 Å². The van der Waals surface area contributed by atoms with Gasteiger partial charge in [0, 0.05) is 24.7 Å². The molecule has 5 rings (SSSR count). The van der Waals surface area contributed by atoms with Gasteiger partial charge in [-0.3, -0.25) is 4.79 Å². The maximum atomic E-state index is 13.5. The molecule has 3 nitrogen and oxygen atoms in total. The monoisotopic (exact) mass is 367 g/mol. The molecule has 1 amide bonds. The molecule has 2 heterocycles. The van der Waals surface area contributed by atoms with E-state index in [-0.39, 0.29) is 11.3 Å². The highest BCUT2D eigenvalue weighted by atomic mass is 16.2. The molecular formula is C25H23N2O+. The Bertz CT molecular complexity index is 1120. The van der Waals surface area contributed by atoms with Crippen molar-refractivity contribution in [1.82, 2.24) is 4.90 Å². The number of hydrogen-bond donors (Lipinski definition) is 0. The fourth-order valence-electron chi connectivity index (χ4n) is 4.92. The van der Waals surface area contributed by atoms with Gasteiger partial charge in [-0.1, -0.05) is 60.7 Å². The summed E-state index contributed by atoms with van der Waals surface area (Å²) in [6.45, 7) is 3.55. The molecule has 0 aliphatic carbocycles. The van der Waals surface area contributed by atoms with Crippen LogP contribution in [-0.2, 0) is 12.0 Å². The summed E-state index contributed by atoms with van der Waals surface area (Å²) in [7, 11) is 2.12. The van der Waals surface area contributed by atoms with E-state index in [1.807, 2.05) is 41.3 Å². The first-order chi connectivity index (χ1) is 13.6. The van der Waals surface area contributed by atoms with Gasteiger partial charge in [-0.2, -0.15) is 4.58 Å². The van der Waals surface area contributed by atoms with Gasteiger partial charge in [-0.05, 0) is 24.6 Å². The van der Waals surface area contributed by atoms with Crippen LogP contribution in [0, 0.1) is 0 Å². The zero-order valence-electron chi connectivity index (χ0n) is 16.2. The normalized spacial score (nSPS) is 20.5. The number of para-hydroxylation sites is 1. The third kappa shape index (κ3) is 2.36. The van der Waals surface area contributed by atoms with Crippen LogP contribution in [0.5, 0.6) is 0 Å². The van der Waals surface area contributed by atoms with Gasteiger partial charge in [0.1, 0.15) is 12.5 Å². The molecule has 0 fully saturated rings. The SMILES string of the molecule is C[N+]1=C2c3ccccc3C(=O)N(Cc3ccccc3)C[C@@]2(C)c2ccccc21. The number of hydrogen-bond acceptors (Lipinski definition) is 1. The highest BCUT2D eigenvalue weighted by Crippen LogP contribution is 2.44. The largest absolute Gasteiger partial charge is 0.333 e. The van der Waals surface area contributed by atoms with Gasteiger partial charge in [0.15, 0.2) is 0 Å². The summed E-state index contributed by atoms with van der Waals surface area (Å²) in [5, 5.41) is 0. The Morgan fingerprint density at radius 1 is 0.893 bits per heavy atom. The molecule has 3 aromatic carbocycles. The van der Waals surface area contributed by atoms with Crippen LogP contribution >= 0.6 is 0 Å². The molecule has 0 unspecified atom stereocenters. The summed E-state index contributed by atoms with van der Waals surface area (Å²) in [5.74, 6) is 0.105. The first-order valence-corrected chi connectivity index (χ1v) is 9.73. The predicted octanol–water partition coefficient (Wildman–Crippen LogP) is 4.38. The van der Waals surface area contributed by atoms with Gasteiger partial charge in [0.2, 0.25) is 11.4 Å². The quantitative estimate of drug-likeness (QED) is 0.617. The first kappa shape index (κ1) is 16.9. The van der Waals surface area contributed by atoms with Crippen LogP contribution in [0.25, 0.3) is 0 Å². The smallest absolute Gasteiger partial charge is 0.255 e. The van der Waals surface area contributed by atoms with E-state index < -0.39 is 0 Å². The fourth-order valence-corrected chi connectivity index (χ4v) is 4.92. The molecule has 2 aliphatic rings. The molecule has 1 atom stereocenters. The van der Waals surface area contributed by atoms with Crippen LogP contribution in [0.15, 0.2) is 78.9 Å². The van der Waals surface area contributed by atoms with Gasteiger partial charge in [-0.15, -0.1) is 0 Å². The molecule has 0 spiro atoms. The summed E-state index contributed by atoms with van der Waals surface area (Å²) in [6.07, 6.45) is 0. The standard InChI is InChI=1S/C25H23N2O/c1-25-17-27(16-18-10-4-3-5-11-18)24(28)20-13-7-6-12-19(20)23(25)26(2)22-15-9-8-14-21(22)25/h3-15H,16-17H2,1-2H3/q+1/t25-/m0/s1. The average molecular weight is 367 g/mol. The van der Waals surface area contributed by atoms with E-state index >= 15 is 0 Å². The van der Waals surface area contributed by atoms with Crippen molar-refractivity contribution >= 4 is 17.3 Å². The van der Waals surface area contributed by atoms with Crippen LogP contribution in [0.2, 0.25) is 0 Å². The second-order valence-electron chi connectivity index (χ2n) is 7.95. The molecule has 2 aliphatic heterocycles. The van der Waals surface area contributed by atoms with Gasteiger partial charge in [-0.25, -0.2) is 0 Å². The summed E-state index contributed by atoms with van der Waals surface area (Å²) in [6, 6.07) is 26.9. The number of carbonyl (C=O) groups is 1. The summed E-state index contributed by atoms with van der Waals surface area (Å²) in [5.41, 5.74) is 6.47. The Hall–Kier alpha value is -3.20. The number of benzene rings is 3. The third-order valence-electron chi connectivity index (χ3n) is 6.14. The maximum Gasteiger partial charge on any atom is 0.255 e. The van der Waals surface area contributed by atoms with Crippen molar-refractivity contribution in [3.8, 4) is 0 Å². The van der Waals surface area contributed by atoms with Crippen LogP contribution in [0.4, 0.5) is 5.69 Å². The minimum atomic E-state index is -0.248. The molecule has 3 heteroatoms. The minimum Gasteiger partial charge on any atom is -0.333 e. The van der Waals surface area contributed by atoms with Crippen LogP contribution < -0.4 is 0 Å². The lowest BCUT2D eigenvalue weighted by molar-refractivity contribution is -0.401. The molecule has 0 radical (unpaired) electrons. The number of carbonyl (C=O) groups excluding carboxylic acids is 1. The lowest BCUT2D eigenvalue weighted by atomic mass is 9.77. The molecule has 0 bridgehead atoms. The highest BCUT2D eigenvalue weighted by molar-refractivity contribution is 6.16. The van der Waals surface area contributed by atoms with E-state index in [1.165, 1.54) is 17.0 Å². The lowest BCUT2D eigenvalue weighted by Gasteiger charge is -2.29. The molecule has 0 aromatic heterocycles. The van der Waals surface area contributed by atoms with Crippen LogP contribution in [0.1, 0.15) is 34.0 Å². The Balaban J connectivity index is 1.72. The van der Waals surface area contributed by atoms with E-state index in [0.29, 0.717) is 13.1 Å². The molecule has 0 N–H and O–H groups in total. The van der Waals surface area contributed by atoms with E-state index in [9.17, 15) is 4.79 Å². The zero-order chi connectivity index (χ0) is 19.3. The Morgan fingerprint density at radius 2 is 1.54 bits per heavy atom. The topological polar surface area (TPSA) is 23.3 Å². The fraction of sp³-hybridized carbons (Fsp3) is 0.200. The maximum absolute atomic E-state index is 13.5. The molecule has 0 saturated heterocycles. The van der Waals surface area contributed by atoms with E-state index in [1.54, 1.807) is 0 Å². The van der Waals surface area contributed by atoms with Crippen molar-refractivity contribution in [1.29, 1.82) is 0 Å². The Morgan fingerprint density at radius 3 is 2.32 bits per heavy atom. The average Bonchev–Trinajstić information content (AvgIpc) is 2.89. The predicted molar refractivity (Wildman–Crippen MR) is 111 cm³/mol. The van der Waals surface area contributed by atoms with E-state index in [4.69, 9.17) is 0 Å². The number of nitrogens with zero attached hydrogens (tertiary/aromatic N) is 2. The Kier molecular flexibility index (Phi) is 3.73. The van der Waals surface area contributed by atoms with Crippen molar-refractivity contribution in [3.05, 3.63) is 101 Å². The zero-order valence-corrected chi connectivity index (χ0v) is 16.2. The molecule has 138 valence electrons. The van der Waals surface area contributed by atoms with Crippen LogP contribution in [0.3, 0.4) is 0 Å². The van der Waals surface area contributed by atoms with Crippen molar-refractivity contribution in [2.75, 3.05) is 13.6 Å². The third-order valence-corrected chi connectivity index (χ3v) is 6.14. The second kappa shape index (κ2) is 6.16. The number of fused-ring (bicyclic) bond motifs is 5. The summed E-state index contributed by atoms with van der Waals surface area (Å²) < 4.78 is 2.27. The summed E-state index contributed by atoms with van der Waals surface area (Å²) >= 11 is 0. The lowest BCUT2D eigenvalue weighted by Crippen LogP contribution is -2.43. The van der Waals surface area contributed by atoms with E-state index in [2.05, 4.69) is 61.0 Å². The number of rotatable bonds is 2. The molecule has 3 aromatic rings. The second-order valence-corrected chi connectivity index (χ2v) is 7.95. The van der Waals surface area contributed by atoms with Gasteiger partial charge in [0.05, 0.1) is 11.1 Å². The molecular weight excluding hydrogens is 344 g/mol. The van der Waals surface area contributed by atoms with Crippen molar-refractivity contribution < 1.29 is 9.37 Å². The van der Waals surface area contributed by atoms with Gasteiger partial charge in [0.25, 0.3) is 5.91 Å². The van der Waals surface area contributed by atoms with Gasteiger partial charge < -0.3 is 4.90 Å². The van der Waals surface area contributed by atoms with Gasteiger partial charge >= 0.3 is 0 Å². The number of amides is 1. The van der Waals surface area contributed by atoms with Crippen LogP contribution in [-0.4, -0.2) is 34.7 Å². The van der Waals surface area contributed by atoms with Crippen molar-refractivity contribution in [2.24, 2.45) is 0 Å². The highest BCUT2D eigenvalue weighted by Gasteiger charge is 2.52.